The second kappa shape index (κ2) is 7.96. The molecular formula is C17H15N3O5S. The highest BCUT2D eigenvalue weighted by atomic mass is 32.2. The molecule has 1 saturated heterocycles. The number of methoxy groups -OCH3 is 1. The molecule has 9 heteroatoms. The van der Waals surface area contributed by atoms with Gasteiger partial charge >= 0.3 is 11.9 Å². The summed E-state index contributed by atoms with van der Waals surface area (Å²) < 4.78 is 9.71. The van der Waals surface area contributed by atoms with Crippen molar-refractivity contribution in [3.8, 4) is 5.75 Å². The third kappa shape index (κ3) is 4.79. The van der Waals surface area contributed by atoms with Crippen molar-refractivity contribution in [1.29, 1.82) is 0 Å². The van der Waals surface area contributed by atoms with E-state index in [-0.39, 0.29) is 22.0 Å². The molecule has 1 saturated carbocycles. The molecule has 0 spiro atoms. The minimum atomic E-state index is -0.616. The SMILES string of the molecule is COC(=O)/C=C1/S/C(=N\N=Cc2ccc(OC(=O)C3CC3)cc2)NC1=O. The number of ether oxygens (including phenoxy) is 2. The molecule has 1 aromatic rings. The Hall–Kier alpha value is -2.94. The molecule has 3 rings (SSSR count). The topological polar surface area (TPSA) is 106 Å². The molecule has 2 aliphatic rings. The van der Waals surface area contributed by atoms with Gasteiger partial charge in [0.15, 0.2) is 5.17 Å². The molecule has 1 amide bonds. The second-order valence-electron chi connectivity index (χ2n) is 5.50. The van der Waals surface area contributed by atoms with Crippen molar-refractivity contribution in [1.82, 2.24) is 5.32 Å². The molecule has 1 N–H and O–H groups in total. The van der Waals surface area contributed by atoms with Gasteiger partial charge in [-0.05, 0) is 54.4 Å². The van der Waals surface area contributed by atoms with Crippen molar-refractivity contribution >= 4 is 41.0 Å². The molecule has 26 heavy (non-hydrogen) atoms. The summed E-state index contributed by atoms with van der Waals surface area (Å²) in [7, 11) is 1.23. The number of hydrogen-bond acceptors (Lipinski definition) is 8. The molecule has 1 aliphatic carbocycles. The van der Waals surface area contributed by atoms with E-state index >= 15 is 0 Å². The number of rotatable bonds is 5. The number of esters is 2. The summed E-state index contributed by atoms with van der Waals surface area (Å²) in [6.07, 6.45) is 4.38. The first-order valence-corrected chi connectivity index (χ1v) is 8.58. The van der Waals surface area contributed by atoms with Gasteiger partial charge in [0, 0.05) is 6.08 Å². The lowest BCUT2D eigenvalue weighted by Crippen LogP contribution is -2.19. The van der Waals surface area contributed by atoms with Crippen LogP contribution < -0.4 is 10.1 Å². The Morgan fingerprint density at radius 3 is 2.65 bits per heavy atom. The van der Waals surface area contributed by atoms with Gasteiger partial charge < -0.3 is 9.47 Å². The quantitative estimate of drug-likeness (QED) is 0.276. The highest BCUT2D eigenvalue weighted by Crippen LogP contribution is 2.30. The molecule has 134 valence electrons. The van der Waals surface area contributed by atoms with Gasteiger partial charge in [-0.1, -0.05) is 0 Å². The molecule has 1 heterocycles. The van der Waals surface area contributed by atoms with Crippen molar-refractivity contribution in [2.45, 2.75) is 12.8 Å². The number of thioether (sulfide) groups is 1. The normalized spacial score (nSPS) is 19.8. The monoisotopic (exact) mass is 373 g/mol. The second-order valence-corrected chi connectivity index (χ2v) is 6.53. The summed E-state index contributed by atoms with van der Waals surface area (Å²) in [5.41, 5.74) is 0.750. The average molecular weight is 373 g/mol. The summed E-state index contributed by atoms with van der Waals surface area (Å²) in [5.74, 6) is -0.709. The Labute approximate surface area is 153 Å². The van der Waals surface area contributed by atoms with Crippen LogP contribution in [0.4, 0.5) is 0 Å². The maximum atomic E-state index is 11.7. The van der Waals surface area contributed by atoms with Gasteiger partial charge in [-0.3, -0.25) is 14.9 Å². The number of amides is 1. The van der Waals surface area contributed by atoms with E-state index in [2.05, 4.69) is 20.3 Å². The number of nitrogens with one attached hydrogen (secondary N) is 1. The molecule has 0 atom stereocenters. The Morgan fingerprint density at radius 1 is 1.27 bits per heavy atom. The van der Waals surface area contributed by atoms with Gasteiger partial charge in [0.05, 0.1) is 24.1 Å². The summed E-state index contributed by atoms with van der Waals surface area (Å²) in [6.45, 7) is 0. The predicted octanol–water partition coefficient (Wildman–Crippen LogP) is 1.61. The fraction of sp³-hybridized carbons (Fsp3) is 0.235. The van der Waals surface area contributed by atoms with E-state index in [0.29, 0.717) is 5.75 Å². The number of carbonyl (C=O) groups is 3. The number of amidine groups is 1. The zero-order chi connectivity index (χ0) is 18.5. The van der Waals surface area contributed by atoms with Crippen LogP contribution in [0.1, 0.15) is 18.4 Å². The highest BCUT2D eigenvalue weighted by molar-refractivity contribution is 8.18. The third-order valence-electron chi connectivity index (χ3n) is 3.47. The summed E-state index contributed by atoms with van der Waals surface area (Å²) >= 11 is 0.994. The van der Waals surface area contributed by atoms with Gasteiger partial charge in [-0.25, -0.2) is 4.79 Å². The van der Waals surface area contributed by atoms with E-state index < -0.39 is 11.9 Å². The molecule has 0 bridgehead atoms. The zero-order valence-electron chi connectivity index (χ0n) is 13.8. The van der Waals surface area contributed by atoms with Gasteiger partial charge in [0.1, 0.15) is 5.75 Å². The Morgan fingerprint density at radius 2 is 2.00 bits per heavy atom. The lowest BCUT2D eigenvalue weighted by atomic mass is 10.2. The van der Waals surface area contributed by atoms with Crippen LogP contribution in [0, 0.1) is 5.92 Å². The van der Waals surface area contributed by atoms with Crippen LogP contribution in [0.2, 0.25) is 0 Å². The van der Waals surface area contributed by atoms with Gasteiger partial charge in [-0.15, -0.1) is 5.10 Å². The van der Waals surface area contributed by atoms with Crippen LogP contribution in [-0.4, -0.2) is 36.3 Å². The molecule has 1 aromatic carbocycles. The van der Waals surface area contributed by atoms with Gasteiger partial charge in [0.25, 0.3) is 5.91 Å². The fourth-order valence-electron chi connectivity index (χ4n) is 1.93. The molecule has 8 nitrogen and oxygen atoms in total. The first kappa shape index (κ1) is 17.9. The Kier molecular flexibility index (Phi) is 5.47. The summed E-state index contributed by atoms with van der Waals surface area (Å²) in [4.78, 5) is 34.6. The molecule has 2 fully saturated rings. The Bertz CT molecular complexity index is 825. The lowest BCUT2D eigenvalue weighted by Gasteiger charge is -2.02. The predicted molar refractivity (Wildman–Crippen MR) is 95.7 cm³/mol. The minimum Gasteiger partial charge on any atom is -0.466 e. The van der Waals surface area contributed by atoms with Crippen LogP contribution in [0.5, 0.6) is 5.75 Å². The van der Waals surface area contributed by atoms with Crippen LogP contribution in [0.15, 0.2) is 45.4 Å². The van der Waals surface area contributed by atoms with Crippen LogP contribution in [0.3, 0.4) is 0 Å². The van der Waals surface area contributed by atoms with Crippen LogP contribution in [0.25, 0.3) is 0 Å². The van der Waals surface area contributed by atoms with E-state index in [0.717, 1.165) is 36.2 Å². The van der Waals surface area contributed by atoms with Crippen molar-refractivity contribution in [2.75, 3.05) is 7.11 Å². The fourth-order valence-corrected chi connectivity index (χ4v) is 2.67. The summed E-state index contributed by atoms with van der Waals surface area (Å²) in [5, 5.41) is 10.5. The smallest absolute Gasteiger partial charge is 0.331 e. The van der Waals surface area contributed by atoms with E-state index in [4.69, 9.17) is 4.74 Å². The van der Waals surface area contributed by atoms with Gasteiger partial charge in [-0.2, -0.15) is 5.10 Å². The zero-order valence-corrected chi connectivity index (χ0v) is 14.6. The molecule has 0 unspecified atom stereocenters. The number of nitrogens with zero attached hydrogens (tertiary/aromatic N) is 2. The van der Waals surface area contributed by atoms with E-state index in [9.17, 15) is 14.4 Å². The van der Waals surface area contributed by atoms with E-state index in [1.807, 2.05) is 0 Å². The standard InChI is InChI=1S/C17H15N3O5S/c1-24-14(21)8-13-15(22)19-17(26-13)20-18-9-10-2-6-12(7-3-10)25-16(23)11-4-5-11/h2-3,6-9,11H,4-5H2,1H3,(H,19,20,22)/b13-8+,18-9?. The molecule has 0 radical (unpaired) electrons. The van der Waals surface area contributed by atoms with Crippen LogP contribution >= 0.6 is 11.8 Å². The minimum absolute atomic E-state index is 0.0457. The average Bonchev–Trinajstić information content (AvgIpc) is 3.42. The largest absolute Gasteiger partial charge is 0.466 e. The maximum Gasteiger partial charge on any atom is 0.331 e. The molecule has 1 aliphatic heterocycles. The lowest BCUT2D eigenvalue weighted by molar-refractivity contribution is -0.136. The molecular weight excluding hydrogens is 358 g/mol. The van der Waals surface area contributed by atoms with Crippen molar-refractivity contribution in [3.05, 3.63) is 40.8 Å². The van der Waals surface area contributed by atoms with Crippen LogP contribution in [-0.2, 0) is 19.1 Å². The maximum absolute atomic E-state index is 11.7. The highest BCUT2D eigenvalue weighted by Gasteiger charge is 2.31. The van der Waals surface area contributed by atoms with Crippen molar-refractivity contribution in [3.63, 3.8) is 0 Å². The van der Waals surface area contributed by atoms with Crippen molar-refractivity contribution in [2.24, 2.45) is 16.1 Å². The van der Waals surface area contributed by atoms with E-state index in [1.165, 1.54) is 13.3 Å². The summed E-state index contributed by atoms with van der Waals surface area (Å²) in [6, 6.07) is 6.83. The number of benzene rings is 1. The first-order chi connectivity index (χ1) is 12.5. The number of hydrogen-bond donors (Lipinski definition) is 1. The van der Waals surface area contributed by atoms with E-state index in [1.54, 1.807) is 24.3 Å². The number of carbonyl (C=O) groups excluding carboxylic acids is 3. The Balaban J connectivity index is 1.57. The van der Waals surface area contributed by atoms with Gasteiger partial charge in [0.2, 0.25) is 0 Å². The third-order valence-corrected chi connectivity index (χ3v) is 4.37. The first-order valence-electron chi connectivity index (χ1n) is 7.77. The van der Waals surface area contributed by atoms with Crippen molar-refractivity contribution < 1.29 is 23.9 Å². The molecule has 0 aromatic heterocycles.